The van der Waals surface area contributed by atoms with Gasteiger partial charge in [-0.25, -0.2) is 4.39 Å². The van der Waals surface area contributed by atoms with Gasteiger partial charge < -0.3 is 5.32 Å². The summed E-state index contributed by atoms with van der Waals surface area (Å²) in [5.41, 5.74) is 7.46. The smallest absolute Gasteiger partial charge is 0.100 e. The third-order valence-corrected chi connectivity index (χ3v) is 9.89. The number of nitrogens with one attached hydrogen (secondary N) is 1. The fraction of sp³-hybridized carbons (Fsp3) is 0.450. The summed E-state index contributed by atoms with van der Waals surface area (Å²) in [7, 11) is 0. The lowest BCUT2D eigenvalue weighted by Crippen LogP contribution is -2.10. The van der Waals surface area contributed by atoms with Crippen molar-refractivity contribution in [2.45, 2.75) is 109 Å². The Labute approximate surface area is 279 Å². The van der Waals surface area contributed by atoms with Crippen LogP contribution in [-0.2, 0) is 0 Å². The first-order chi connectivity index (χ1) is 20.8. The molecule has 0 bridgehead atoms. The molecule has 0 heterocycles. The largest absolute Gasteiger partial charge is 0.362 e. The van der Waals surface area contributed by atoms with Crippen LogP contribution in [0.3, 0.4) is 0 Å². The third-order valence-electron chi connectivity index (χ3n) is 7.87. The highest BCUT2D eigenvalue weighted by molar-refractivity contribution is 8.11. The number of alkyl halides is 1. The number of aryl methyl sites for hydroxylation is 3. The van der Waals surface area contributed by atoms with E-state index in [9.17, 15) is 4.39 Å². The zero-order valence-corrected chi connectivity index (χ0v) is 30.3. The van der Waals surface area contributed by atoms with Gasteiger partial charge in [0.15, 0.2) is 0 Å². The van der Waals surface area contributed by atoms with Crippen molar-refractivity contribution >= 4 is 35.7 Å². The van der Waals surface area contributed by atoms with Crippen LogP contribution in [0.4, 0.5) is 10.1 Å². The summed E-state index contributed by atoms with van der Waals surface area (Å²) < 4.78 is 13.0. The first kappa shape index (κ1) is 39.6. The van der Waals surface area contributed by atoms with Gasteiger partial charge >= 0.3 is 0 Å². The molecule has 4 heteroatoms. The Hall–Kier alpha value is -2.43. The molecule has 44 heavy (non-hydrogen) atoms. The molecule has 3 aromatic carbocycles. The van der Waals surface area contributed by atoms with Gasteiger partial charge in [-0.05, 0) is 112 Å². The average molecular weight is 636 g/mol. The number of rotatable bonds is 9. The summed E-state index contributed by atoms with van der Waals surface area (Å²) >= 11 is 6.67. The molecule has 1 aliphatic carbocycles. The van der Waals surface area contributed by atoms with E-state index in [0.29, 0.717) is 18.3 Å². The summed E-state index contributed by atoms with van der Waals surface area (Å²) in [5, 5.41) is 3.00. The molecule has 1 saturated carbocycles. The first-order valence-electron chi connectivity index (χ1n) is 16.1. The summed E-state index contributed by atoms with van der Waals surface area (Å²) in [6.07, 6.45) is 7.64. The van der Waals surface area contributed by atoms with Crippen molar-refractivity contribution in [3.8, 4) is 0 Å². The van der Waals surface area contributed by atoms with Crippen molar-refractivity contribution in [1.82, 2.24) is 0 Å². The summed E-state index contributed by atoms with van der Waals surface area (Å²) in [5.74, 6) is 1.14. The maximum absolute atomic E-state index is 12.7. The van der Waals surface area contributed by atoms with Gasteiger partial charge in [0.25, 0.3) is 0 Å². The number of halogens is 1. The molecule has 3 aromatic rings. The predicted octanol–water partition coefficient (Wildman–Crippen LogP) is 13.3. The topological polar surface area (TPSA) is 12.0 Å². The van der Waals surface area contributed by atoms with Crippen LogP contribution in [0.2, 0.25) is 0 Å². The molecule has 242 valence electrons. The van der Waals surface area contributed by atoms with Crippen molar-refractivity contribution in [3.63, 3.8) is 0 Å². The van der Waals surface area contributed by atoms with Crippen molar-refractivity contribution in [2.24, 2.45) is 11.8 Å². The van der Waals surface area contributed by atoms with Gasteiger partial charge in [0.05, 0.1) is 4.08 Å². The molecule has 4 rings (SSSR count). The van der Waals surface area contributed by atoms with E-state index in [-0.39, 0.29) is 4.08 Å². The minimum atomic E-state index is -0.586. The van der Waals surface area contributed by atoms with Crippen LogP contribution in [0, 0.1) is 32.6 Å². The molecule has 0 aliphatic heterocycles. The molecule has 0 radical (unpaired) electrons. The van der Waals surface area contributed by atoms with E-state index in [1.54, 1.807) is 6.20 Å². The fourth-order valence-corrected chi connectivity index (χ4v) is 6.69. The molecular weight excluding hydrogens is 578 g/mol. The van der Waals surface area contributed by atoms with E-state index in [0.717, 1.165) is 17.7 Å². The van der Waals surface area contributed by atoms with E-state index in [4.69, 9.17) is 12.6 Å². The van der Waals surface area contributed by atoms with Crippen molar-refractivity contribution in [1.29, 1.82) is 0 Å². The van der Waals surface area contributed by atoms with Gasteiger partial charge in [-0.15, -0.1) is 11.8 Å². The zero-order chi connectivity index (χ0) is 33.1. The highest BCUT2D eigenvalue weighted by atomic mass is 32.2. The molecule has 0 spiro atoms. The van der Waals surface area contributed by atoms with E-state index < -0.39 is 6.17 Å². The van der Waals surface area contributed by atoms with Gasteiger partial charge in [-0.2, -0.15) is 12.6 Å². The van der Waals surface area contributed by atoms with Gasteiger partial charge in [0.2, 0.25) is 0 Å². The second-order valence-electron chi connectivity index (χ2n) is 12.3. The van der Waals surface area contributed by atoms with Crippen LogP contribution in [-0.4, -0.2) is 10.3 Å². The van der Waals surface area contributed by atoms with Crippen LogP contribution in [0.5, 0.6) is 0 Å². The van der Waals surface area contributed by atoms with Crippen molar-refractivity contribution in [3.05, 3.63) is 114 Å². The molecule has 1 N–H and O–H groups in total. The monoisotopic (exact) mass is 635 g/mol. The van der Waals surface area contributed by atoms with Gasteiger partial charge in [-0.1, -0.05) is 113 Å². The Morgan fingerprint density at radius 2 is 1.48 bits per heavy atom. The highest BCUT2D eigenvalue weighted by Crippen LogP contribution is 2.47. The number of allylic oxidation sites excluding steroid dienone is 1. The van der Waals surface area contributed by atoms with Crippen LogP contribution < -0.4 is 5.32 Å². The number of thiol groups is 1. The van der Waals surface area contributed by atoms with Crippen LogP contribution in [0.25, 0.3) is 5.57 Å². The quantitative estimate of drug-likeness (QED) is 0.179. The summed E-state index contributed by atoms with van der Waals surface area (Å²) in [6, 6.07) is 25.1. The van der Waals surface area contributed by atoms with Gasteiger partial charge in [0, 0.05) is 10.6 Å². The van der Waals surface area contributed by atoms with E-state index in [1.165, 1.54) is 52.8 Å². The maximum Gasteiger partial charge on any atom is 0.100 e. The molecular formula is C40H58FNS2. The van der Waals surface area contributed by atoms with Gasteiger partial charge in [-0.3, -0.25) is 0 Å². The molecule has 0 saturated heterocycles. The maximum atomic E-state index is 12.7. The van der Waals surface area contributed by atoms with E-state index in [1.807, 2.05) is 30.8 Å². The Kier molecular flexibility index (Phi) is 19.2. The lowest BCUT2D eigenvalue weighted by Gasteiger charge is -2.21. The molecule has 2 atom stereocenters. The van der Waals surface area contributed by atoms with Crippen LogP contribution >= 0.6 is 24.4 Å². The molecule has 0 aromatic heterocycles. The van der Waals surface area contributed by atoms with Crippen LogP contribution in [0.15, 0.2) is 97.0 Å². The highest BCUT2D eigenvalue weighted by Gasteiger charge is 2.30. The summed E-state index contributed by atoms with van der Waals surface area (Å²) in [4.78, 5) is 1.35. The van der Waals surface area contributed by atoms with Crippen LogP contribution in [0.1, 0.15) is 95.4 Å². The molecule has 1 aliphatic rings. The molecule has 1 fully saturated rings. The lowest BCUT2D eigenvalue weighted by atomic mass is 9.92. The third kappa shape index (κ3) is 16.0. The Morgan fingerprint density at radius 1 is 0.932 bits per heavy atom. The molecule has 0 amide bonds. The van der Waals surface area contributed by atoms with Gasteiger partial charge in [0.1, 0.15) is 6.17 Å². The average Bonchev–Trinajstić information content (AvgIpc) is 3.41. The number of thioether (sulfide) groups is 1. The Balaban J connectivity index is 0.000000296. The standard InChI is InChI=1S/C11H14S2.C11H14.C9H19F.C9H11N/c12-11(8-4-5-9-11)13-10-6-2-1-3-7-10;1-8(2)11-9(3)6-5-7-10(11)4;1-5-9(10)6-8(4)7(2)3;1-3-10-9-6-4-8(2)5-7-9/h1-3,6-7,12H,4-5,8-9H2;5-7H,1H2,2-4H3;7-9H,5-6H2,1-4H3;3-7,10H,1H2,2H3. The number of anilines is 1. The number of hydrogen-bond donors (Lipinski definition) is 2. The van der Waals surface area contributed by atoms with E-state index in [2.05, 4.69) is 128 Å². The number of hydrogen-bond acceptors (Lipinski definition) is 3. The normalized spacial score (nSPS) is 14.4. The van der Waals surface area contributed by atoms with E-state index >= 15 is 0 Å². The predicted molar refractivity (Wildman–Crippen MR) is 202 cm³/mol. The van der Waals surface area contributed by atoms with Crippen molar-refractivity contribution in [2.75, 3.05) is 5.32 Å². The fourth-order valence-electron chi connectivity index (χ4n) is 4.83. The zero-order valence-electron chi connectivity index (χ0n) is 28.6. The molecule has 1 nitrogen and oxygen atoms in total. The second kappa shape index (κ2) is 21.3. The SMILES string of the molecule is C=C(C)c1c(C)cccc1C.C=CNc1ccc(C)cc1.CCC(F)CC(C)C(C)C.SC1(Sc2ccccc2)CCCC1. The lowest BCUT2D eigenvalue weighted by molar-refractivity contribution is 0.239. The summed E-state index contributed by atoms with van der Waals surface area (Å²) in [6.45, 7) is 24.2. The minimum Gasteiger partial charge on any atom is -0.362 e. The Morgan fingerprint density at radius 3 is 1.91 bits per heavy atom. The second-order valence-corrected chi connectivity index (χ2v) is 14.9. The minimum absolute atomic E-state index is 0.210. The van der Waals surface area contributed by atoms with Crippen molar-refractivity contribution < 1.29 is 4.39 Å². The first-order valence-corrected chi connectivity index (χ1v) is 17.3. The Bertz CT molecular complexity index is 1190. The molecule has 2 unspecified atom stereocenters. The number of benzene rings is 3.